The Bertz CT molecular complexity index is 993. The topological polar surface area (TPSA) is 54.0 Å². The van der Waals surface area contributed by atoms with E-state index in [1.165, 1.54) is 0 Å². The molecule has 0 spiro atoms. The summed E-state index contributed by atoms with van der Waals surface area (Å²) in [7, 11) is 5.14. The maximum atomic E-state index is 13.3. The zero-order valence-corrected chi connectivity index (χ0v) is 18.0. The van der Waals surface area contributed by atoms with Crippen molar-refractivity contribution < 1.29 is 14.3 Å². The van der Waals surface area contributed by atoms with E-state index in [1.54, 1.807) is 26.1 Å². The molecule has 3 atom stereocenters. The minimum Gasteiger partial charge on any atom is -0.497 e. The fourth-order valence-corrected chi connectivity index (χ4v) is 4.71. The third kappa shape index (κ3) is 3.00. The largest absolute Gasteiger partial charge is 0.497 e. The van der Waals surface area contributed by atoms with Gasteiger partial charge in [-0.2, -0.15) is 0 Å². The standard InChI is InChI=1S/C22H25N3O3S/c1-13-7-6-8-14(11-13)25-21(29)23-19-16-12-15(27-5)9-10-17(16)28-22(25,2)18(19)20(26)24(3)4/h6-12,18-19H,1-5H3,(H,23,29). The Balaban J connectivity index is 1.92. The first-order valence-corrected chi connectivity index (χ1v) is 9.92. The second-order valence-electron chi connectivity index (χ2n) is 7.87. The molecular formula is C22H25N3O3S. The zero-order chi connectivity index (χ0) is 20.9. The number of methoxy groups -OCH3 is 1. The first kappa shape index (κ1) is 19.5. The van der Waals surface area contributed by atoms with E-state index in [0.29, 0.717) is 16.6 Å². The summed E-state index contributed by atoms with van der Waals surface area (Å²) in [6.07, 6.45) is 0. The number of fused-ring (bicyclic) bond motifs is 4. The van der Waals surface area contributed by atoms with Crippen molar-refractivity contribution in [1.29, 1.82) is 0 Å². The van der Waals surface area contributed by atoms with Crippen LogP contribution in [0, 0.1) is 12.8 Å². The minimum absolute atomic E-state index is 0.0291. The fraction of sp³-hybridized carbons (Fsp3) is 0.364. The molecule has 2 aromatic carbocycles. The van der Waals surface area contributed by atoms with Crippen molar-refractivity contribution in [1.82, 2.24) is 10.2 Å². The molecule has 1 fully saturated rings. The molecule has 0 aliphatic carbocycles. The molecule has 3 unspecified atom stereocenters. The highest BCUT2D eigenvalue weighted by atomic mass is 32.1. The molecule has 29 heavy (non-hydrogen) atoms. The van der Waals surface area contributed by atoms with E-state index in [2.05, 4.69) is 5.32 Å². The van der Waals surface area contributed by atoms with Crippen LogP contribution in [0.25, 0.3) is 0 Å². The van der Waals surface area contributed by atoms with Crippen LogP contribution in [0.5, 0.6) is 11.5 Å². The van der Waals surface area contributed by atoms with Gasteiger partial charge in [0.1, 0.15) is 17.4 Å². The van der Waals surface area contributed by atoms with Gasteiger partial charge in [-0.25, -0.2) is 0 Å². The van der Waals surface area contributed by atoms with Gasteiger partial charge in [0.25, 0.3) is 0 Å². The number of thiocarbonyl (C=S) groups is 1. The summed E-state index contributed by atoms with van der Waals surface area (Å²) in [5.74, 6) is 0.887. The normalized spacial score (nSPS) is 24.9. The number of carbonyl (C=O) groups excluding carboxylic acids is 1. The average Bonchev–Trinajstić information content (AvgIpc) is 2.66. The van der Waals surface area contributed by atoms with Crippen molar-refractivity contribution >= 4 is 28.9 Å². The minimum atomic E-state index is -0.982. The van der Waals surface area contributed by atoms with Crippen molar-refractivity contribution in [3.05, 3.63) is 53.6 Å². The molecule has 6 nitrogen and oxygen atoms in total. The van der Waals surface area contributed by atoms with Crippen LogP contribution in [0.2, 0.25) is 0 Å². The number of carbonyl (C=O) groups is 1. The van der Waals surface area contributed by atoms with Gasteiger partial charge in [-0.1, -0.05) is 12.1 Å². The molecule has 0 radical (unpaired) electrons. The molecule has 2 aliphatic heterocycles. The van der Waals surface area contributed by atoms with Gasteiger partial charge in [0.15, 0.2) is 10.8 Å². The van der Waals surface area contributed by atoms with Crippen LogP contribution >= 0.6 is 12.2 Å². The Hall–Kier alpha value is -2.80. The maximum absolute atomic E-state index is 13.3. The lowest BCUT2D eigenvalue weighted by atomic mass is 9.78. The summed E-state index contributed by atoms with van der Waals surface area (Å²) >= 11 is 5.75. The molecule has 1 saturated heterocycles. The van der Waals surface area contributed by atoms with Crippen LogP contribution in [0.15, 0.2) is 42.5 Å². The number of aryl methyl sites for hydroxylation is 1. The first-order valence-electron chi connectivity index (χ1n) is 9.52. The van der Waals surface area contributed by atoms with Crippen molar-refractivity contribution in [3.8, 4) is 11.5 Å². The summed E-state index contributed by atoms with van der Waals surface area (Å²) in [6.45, 7) is 3.97. The van der Waals surface area contributed by atoms with Crippen molar-refractivity contribution in [2.45, 2.75) is 25.6 Å². The van der Waals surface area contributed by atoms with Crippen molar-refractivity contribution in [3.63, 3.8) is 0 Å². The van der Waals surface area contributed by atoms with Crippen LogP contribution < -0.4 is 19.7 Å². The number of hydrogen-bond donors (Lipinski definition) is 1. The second-order valence-corrected chi connectivity index (χ2v) is 8.26. The van der Waals surface area contributed by atoms with Gasteiger partial charge in [-0.05, 0) is 62.0 Å². The average molecular weight is 412 g/mol. The number of anilines is 1. The predicted molar refractivity (Wildman–Crippen MR) is 116 cm³/mol. The summed E-state index contributed by atoms with van der Waals surface area (Å²) in [5.41, 5.74) is 1.88. The van der Waals surface area contributed by atoms with Gasteiger partial charge in [0.2, 0.25) is 5.91 Å². The lowest BCUT2D eigenvalue weighted by Gasteiger charge is -2.56. The molecule has 2 bridgehead atoms. The lowest BCUT2D eigenvalue weighted by molar-refractivity contribution is -0.144. The molecule has 1 amide bonds. The van der Waals surface area contributed by atoms with E-state index in [0.717, 1.165) is 16.8 Å². The molecule has 1 N–H and O–H groups in total. The molecule has 2 aliphatic rings. The number of hydrogen-bond acceptors (Lipinski definition) is 4. The number of ether oxygens (including phenoxy) is 2. The number of rotatable bonds is 3. The highest BCUT2D eigenvalue weighted by Crippen LogP contribution is 2.50. The molecule has 152 valence electrons. The van der Waals surface area contributed by atoms with Gasteiger partial charge < -0.3 is 19.7 Å². The summed E-state index contributed by atoms with van der Waals surface area (Å²) in [4.78, 5) is 16.9. The molecule has 0 saturated carbocycles. The van der Waals surface area contributed by atoms with E-state index in [1.807, 2.05) is 61.2 Å². The Morgan fingerprint density at radius 2 is 2.03 bits per heavy atom. The molecule has 4 rings (SSSR count). The van der Waals surface area contributed by atoms with E-state index < -0.39 is 11.6 Å². The van der Waals surface area contributed by atoms with Gasteiger partial charge in [-0.3, -0.25) is 9.69 Å². The Labute approximate surface area is 176 Å². The monoisotopic (exact) mass is 411 g/mol. The van der Waals surface area contributed by atoms with Gasteiger partial charge in [0.05, 0.1) is 13.2 Å². The van der Waals surface area contributed by atoms with Crippen LogP contribution in [0.1, 0.15) is 24.1 Å². The molecule has 2 heterocycles. The lowest BCUT2D eigenvalue weighted by Crippen LogP contribution is -2.72. The van der Waals surface area contributed by atoms with Gasteiger partial charge in [-0.15, -0.1) is 0 Å². The zero-order valence-electron chi connectivity index (χ0n) is 17.2. The first-order chi connectivity index (χ1) is 13.8. The van der Waals surface area contributed by atoms with Crippen LogP contribution in [-0.4, -0.2) is 42.8 Å². The molecule has 0 aromatic heterocycles. The summed E-state index contributed by atoms with van der Waals surface area (Å²) < 4.78 is 11.9. The third-order valence-electron chi connectivity index (χ3n) is 5.67. The Kier molecular flexibility index (Phi) is 4.65. The molecule has 2 aromatic rings. The summed E-state index contributed by atoms with van der Waals surface area (Å²) in [5, 5.41) is 3.94. The third-order valence-corrected chi connectivity index (χ3v) is 5.97. The fourth-order valence-electron chi connectivity index (χ4n) is 4.30. The summed E-state index contributed by atoms with van der Waals surface area (Å²) in [6, 6.07) is 13.4. The van der Waals surface area contributed by atoms with E-state index in [-0.39, 0.29) is 11.9 Å². The molecule has 7 heteroatoms. The SMILES string of the molecule is COc1ccc2c(c1)C1NC(=S)N(c3cccc(C)c3)C(C)(O2)C1C(=O)N(C)C. The number of benzene rings is 2. The highest BCUT2D eigenvalue weighted by molar-refractivity contribution is 7.80. The number of nitrogens with one attached hydrogen (secondary N) is 1. The van der Waals surface area contributed by atoms with Crippen LogP contribution in [0.3, 0.4) is 0 Å². The quantitative estimate of drug-likeness (QED) is 0.783. The smallest absolute Gasteiger partial charge is 0.233 e. The van der Waals surface area contributed by atoms with Gasteiger partial charge in [0, 0.05) is 25.3 Å². The van der Waals surface area contributed by atoms with E-state index in [4.69, 9.17) is 21.7 Å². The second kappa shape index (κ2) is 6.91. The maximum Gasteiger partial charge on any atom is 0.233 e. The van der Waals surface area contributed by atoms with E-state index in [9.17, 15) is 4.79 Å². The molecular weight excluding hydrogens is 386 g/mol. The highest BCUT2D eigenvalue weighted by Gasteiger charge is 2.59. The number of nitrogens with zero attached hydrogens (tertiary/aromatic N) is 2. The number of amides is 1. The van der Waals surface area contributed by atoms with E-state index >= 15 is 0 Å². The Morgan fingerprint density at radius 1 is 1.28 bits per heavy atom. The van der Waals surface area contributed by atoms with Crippen LogP contribution in [-0.2, 0) is 4.79 Å². The predicted octanol–water partition coefficient (Wildman–Crippen LogP) is 3.25. The van der Waals surface area contributed by atoms with Crippen LogP contribution in [0.4, 0.5) is 5.69 Å². The van der Waals surface area contributed by atoms with Gasteiger partial charge >= 0.3 is 0 Å². The van der Waals surface area contributed by atoms with Crippen molar-refractivity contribution in [2.24, 2.45) is 5.92 Å². The Morgan fingerprint density at radius 3 is 2.69 bits per heavy atom. The van der Waals surface area contributed by atoms with Crippen molar-refractivity contribution in [2.75, 3.05) is 26.1 Å².